The van der Waals surface area contributed by atoms with Crippen molar-refractivity contribution in [2.45, 2.75) is 26.7 Å². The summed E-state index contributed by atoms with van der Waals surface area (Å²) in [5, 5.41) is 0. The van der Waals surface area contributed by atoms with E-state index in [4.69, 9.17) is 0 Å². The molecular formula is C18H20. The fourth-order valence-corrected chi connectivity index (χ4v) is 2.39. The molecule has 0 aliphatic heterocycles. The third-order valence-corrected chi connectivity index (χ3v) is 3.47. The molecule has 0 saturated heterocycles. The van der Waals surface area contributed by atoms with Crippen LogP contribution in [0.3, 0.4) is 0 Å². The first-order chi connectivity index (χ1) is 8.72. The Morgan fingerprint density at radius 1 is 1.00 bits per heavy atom. The van der Waals surface area contributed by atoms with Crippen molar-refractivity contribution in [3.63, 3.8) is 0 Å². The van der Waals surface area contributed by atoms with Gasteiger partial charge in [0.2, 0.25) is 0 Å². The van der Waals surface area contributed by atoms with Gasteiger partial charge < -0.3 is 0 Å². The zero-order valence-electron chi connectivity index (χ0n) is 11.2. The van der Waals surface area contributed by atoms with E-state index >= 15 is 0 Å². The third kappa shape index (κ3) is 2.70. The van der Waals surface area contributed by atoms with Gasteiger partial charge in [0.25, 0.3) is 0 Å². The molecule has 0 atom stereocenters. The fourth-order valence-electron chi connectivity index (χ4n) is 2.39. The molecule has 0 amide bonds. The van der Waals surface area contributed by atoms with E-state index in [1.807, 2.05) is 0 Å². The largest absolute Gasteiger partial charge is 0.0949 e. The van der Waals surface area contributed by atoms with Crippen molar-refractivity contribution in [2.75, 3.05) is 0 Å². The van der Waals surface area contributed by atoms with Gasteiger partial charge in [-0.05, 0) is 47.6 Å². The molecule has 0 aliphatic carbocycles. The van der Waals surface area contributed by atoms with Crippen LogP contribution in [0.4, 0.5) is 0 Å². The van der Waals surface area contributed by atoms with E-state index in [0.29, 0.717) is 0 Å². The number of hydrogen-bond acceptors (Lipinski definition) is 0. The summed E-state index contributed by atoms with van der Waals surface area (Å²) in [6.45, 7) is 8.66. The van der Waals surface area contributed by atoms with Gasteiger partial charge in [0, 0.05) is 0 Å². The van der Waals surface area contributed by atoms with Crippen molar-refractivity contribution >= 4 is 5.57 Å². The van der Waals surface area contributed by atoms with Gasteiger partial charge in [-0.15, -0.1) is 0 Å². The number of aryl methyl sites for hydroxylation is 1. The van der Waals surface area contributed by atoms with Gasteiger partial charge in [0.1, 0.15) is 0 Å². The van der Waals surface area contributed by atoms with Crippen LogP contribution in [0.5, 0.6) is 0 Å². The normalized spacial score (nSPS) is 10.3. The highest BCUT2D eigenvalue weighted by Crippen LogP contribution is 2.24. The smallest absolute Gasteiger partial charge is 0.00256 e. The predicted octanol–water partition coefficient (Wildman–Crippen LogP) is 4.81. The molecule has 0 bridgehead atoms. The van der Waals surface area contributed by atoms with Crippen LogP contribution in [0.1, 0.15) is 29.2 Å². The quantitative estimate of drug-likeness (QED) is 0.714. The number of hydrogen-bond donors (Lipinski definition) is 0. The SMILES string of the molecule is C=C(Cc1ccccc1)c1cccc(CC)c1C. The average Bonchev–Trinajstić information content (AvgIpc) is 2.40. The fraction of sp³-hybridized carbons (Fsp3) is 0.222. The zero-order valence-corrected chi connectivity index (χ0v) is 11.2. The van der Waals surface area contributed by atoms with E-state index in [9.17, 15) is 0 Å². The summed E-state index contributed by atoms with van der Waals surface area (Å²) in [5.74, 6) is 0. The van der Waals surface area contributed by atoms with E-state index in [2.05, 4.69) is 69.0 Å². The Labute approximate surface area is 110 Å². The maximum atomic E-state index is 4.26. The summed E-state index contributed by atoms with van der Waals surface area (Å²) in [4.78, 5) is 0. The third-order valence-electron chi connectivity index (χ3n) is 3.47. The molecule has 0 saturated carbocycles. The second kappa shape index (κ2) is 5.68. The molecule has 0 nitrogen and oxygen atoms in total. The molecule has 0 aliphatic rings. The molecule has 0 aromatic heterocycles. The number of rotatable bonds is 4. The van der Waals surface area contributed by atoms with Crippen molar-refractivity contribution in [1.29, 1.82) is 0 Å². The Morgan fingerprint density at radius 3 is 2.39 bits per heavy atom. The van der Waals surface area contributed by atoms with Gasteiger partial charge in [0.05, 0.1) is 0 Å². The first kappa shape index (κ1) is 12.6. The minimum Gasteiger partial charge on any atom is -0.0949 e. The van der Waals surface area contributed by atoms with E-state index in [-0.39, 0.29) is 0 Å². The molecule has 0 unspecified atom stereocenters. The summed E-state index contributed by atoms with van der Waals surface area (Å²) < 4.78 is 0. The summed E-state index contributed by atoms with van der Waals surface area (Å²) in [6.07, 6.45) is 2.01. The molecule has 0 heteroatoms. The van der Waals surface area contributed by atoms with E-state index < -0.39 is 0 Å². The zero-order chi connectivity index (χ0) is 13.0. The Kier molecular flexibility index (Phi) is 3.99. The Morgan fingerprint density at radius 2 is 1.72 bits per heavy atom. The Bertz CT molecular complexity index is 535. The van der Waals surface area contributed by atoms with Crippen molar-refractivity contribution in [3.05, 3.63) is 77.4 Å². The maximum Gasteiger partial charge on any atom is -0.00256 e. The molecule has 0 fully saturated rings. The standard InChI is InChI=1S/C18H20/c1-4-17-11-8-12-18(15(17)3)14(2)13-16-9-6-5-7-10-16/h5-12H,2,4,13H2,1,3H3. The second-order valence-electron chi connectivity index (χ2n) is 4.71. The van der Waals surface area contributed by atoms with Crippen LogP contribution < -0.4 is 0 Å². The van der Waals surface area contributed by atoms with Crippen LogP contribution in [0.15, 0.2) is 55.1 Å². The molecule has 92 valence electrons. The Hall–Kier alpha value is -1.82. The molecule has 2 aromatic rings. The van der Waals surface area contributed by atoms with Gasteiger partial charge in [-0.3, -0.25) is 0 Å². The lowest BCUT2D eigenvalue weighted by Crippen LogP contribution is -1.96. The van der Waals surface area contributed by atoms with Gasteiger partial charge >= 0.3 is 0 Å². The minimum atomic E-state index is 0.925. The summed E-state index contributed by atoms with van der Waals surface area (Å²) in [6, 6.07) is 17.0. The number of allylic oxidation sites excluding steroid dienone is 1. The van der Waals surface area contributed by atoms with Crippen molar-refractivity contribution in [2.24, 2.45) is 0 Å². The molecule has 2 rings (SSSR count). The Balaban J connectivity index is 2.24. The second-order valence-corrected chi connectivity index (χ2v) is 4.71. The van der Waals surface area contributed by atoms with Crippen molar-refractivity contribution in [1.82, 2.24) is 0 Å². The van der Waals surface area contributed by atoms with E-state index in [0.717, 1.165) is 12.8 Å². The van der Waals surface area contributed by atoms with E-state index in [1.165, 1.54) is 27.8 Å². The molecule has 18 heavy (non-hydrogen) atoms. The highest BCUT2D eigenvalue weighted by atomic mass is 14.1. The summed E-state index contributed by atoms with van der Waals surface area (Å²) in [7, 11) is 0. The highest BCUT2D eigenvalue weighted by Gasteiger charge is 2.06. The van der Waals surface area contributed by atoms with Gasteiger partial charge in [0.15, 0.2) is 0 Å². The van der Waals surface area contributed by atoms with Crippen LogP contribution in [-0.2, 0) is 12.8 Å². The average molecular weight is 236 g/mol. The molecule has 0 radical (unpaired) electrons. The van der Waals surface area contributed by atoms with Crippen molar-refractivity contribution in [3.8, 4) is 0 Å². The van der Waals surface area contributed by atoms with Gasteiger partial charge in [-0.25, -0.2) is 0 Å². The maximum absolute atomic E-state index is 4.26. The van der Waals surface area contributed by atoms with Crippen LogP contribution in [0.2, 0.25) is 0 Å². The minimum absolute atomic E-state index is 0.925. The summed E-state index contributed by atoms with van der Waals surface area (Å²) in [5.41, 5.74) is 6.62. The molecule has 0 heterocycles. The molecule has 0 spiro atoms. The van der Waals surface area contributed by atoms with Crippen LogP contribution in [0.25, 0.3) is 5.57 Å². The van der Waals surface area contributed by atoms with Crippen LogP contribution >= 0.6 is 0 Å². The lowest BCUT2D eigenvalue weighted by molar-refractivity contribution is 1.10. The van der Waals surface area contributed by atoms with Crippen molar-refractivity contribution < 1.29 is 0 Å². The summed E-state index contributed by atoms with van der Waals surface area (Å²) >= 11 is 0. The number of benzene rings is 2. The van der Waals surface area contributed by atoms with E-state index in [1.54, 1.807) is 0 Å². The monoisotopic (exact) mass is 236 g/mol. The predicted molar refractivity (Wildman–Crippen MR) is 79.7 cm³/mol. The molecular weight excluding hydrogens is 216 g/mol. The van der Waals surface area contributed by atoms with Crippen LogP contribution in [0, 0.1) is 6.92 Å². The van der Waals surface area contributed by atoms with Crippen LogP contribution in [-0.4, -0.2) is 0 Å². The lowest BCUT2D eigenvalue weighted by atomic mass is 9.92. The van der Waals surface area contributed by atoms with Gasteiger partial charge in [-0.1, -0.05) is 62.0 Å². The molecule has 0 N–H and O–H groups in total. The molecule has 2 aromatic carbocycles. The first-order valence-electron chi connectivity index (χ1n) is 6.53. The lowest BCUT2D eigenvalue weighted by Gasteiger charge is -2.12. The topological polar surface area (TPSA) is 0 Å². The van der Waals surface area contributed by atoms with Gasteiger partial charge in [-0.2, -0.15) is 0 Å². The highest BCUT2D eigenvalue weighted by molar-refractivity contribution is 5.69. The first-order valence-corrected chi connectivity index (χ1v) is 6.53.